The molecule has 9 nitrogen and oxygen atoms in total. The molecule has 1 aromatic heterocycles. The van der Waals surface area contributed by atoms with Gasteiger partial charge in [0.2, 0.25) is 5.91 Å². The molecule has 0 saturated carbocycles. The monoisotopic (exact) mass is 537 g/mol. The second-order valence-corrected chi connectivity index (χ2v) is 9.85. The number of piperidine rings is 1. The van der Waals surface area contributed by atoms with E-state index in [1.165, 1.54) is 22.4 Å². The van der Waals surface area contributed by atoms with Gasteiger partial charge < -0.3 is 20.6 Å². The van der Waals surface area contributed by atoms with Crippen LogP contribution < -0.4 is 15.5 Å². The molecule has 0 aliphatic carbocycles. The van der Waals surface area contributed by atoms with Gasteiger partial charge >= 0.3 is 0 Å². The lowest BCUT2D eigenvalue weighted by Gasteiger charge is -2.29. The second kappa shape index (κ2) is 11.4. The molecule has 3 heterocycles. The van der Waals surface area contributed by atoms with Gasteiger partial charge in [0.05, 0.1) is 5.69 Å². The summed E-state index contributed by atoms with van der Waals surface area (Å²) < 4.78 is 1.41. The first-order valence-electron chi connectivity index (χ1n) is 13.3. The van der Waals surface area contributed by atoms with Crippen molar-refractivity contribution in [2.75, 3.05) is 22.9 Å². The van der Waals surface area contributed by atoms with Crippen LogP contribution in [-0.4, -0.2) is 45.7 Å². The summed E-state index contributed by atoms with van der Waals surface area (Å²) in [4.78, 5) is 41.2. The van der Waals surface area contributed by atoms with Crippen molar-refractivity contribution >= 4 is 29.1 Å². The molecule has 0 bridgehead atoms. The highest BCUT2D eigenvalue weighted by Gasteiger charge is 2.34. The van der Waals surface area contributed by atoms with Crippen LogP contribution in [0.1, 0.15) is 51.4 Å². The van der Waals surface area contributed by atoms with Crippen LogP contribution in [0.5, 0.6) is 5.75 Å². The van der Waals surface area contributed by atoms with E-state index in [1.54, 1.807) is 21.9 Å². The number of nitrogens with two attached hydrogens (primary N) is 1. The fraction of sp³-hybridized carbons (Fsp3) is 0.226. The minimum Gasteiger partial charge on any atom is -0.508 e. The Morgan fingerprint density at radius 3 is 2.00 bits per heavy atom. The maximum absolute atomic E-state index is 13.6. The number of hydrogen-bond acceptors (Lipinski definition) is 5. The van der Waals surface area contributed by atoms with Gasteiger partial charge in [-0.15, -0.1) is 0 Å². The predicted molar refractivity (Wildman–Crippen MR) is 153 cm³/mol. The van der Waals surface area contributed by atoms with Gasteiger partial charge in [-0.25, -0.2) is 4.68 Å². The van der Waals surface area contributed by atoms with E-state index >= 15 is 0 Å². The van der Waals surface area contributed by atoms with Crippen LogP contribution in [0, 0.1) is 6.92 Å². The van der Waals surface area contributed by atoms with Crippen LogP contribution in [0.4, 0.5) is 11.4 Å². The highest BCUT2D eigenvalue weighted by Crippen LogP contribution is 2.31. The van der Waals surface area contributed by atoms with Gasteiger partial charge in [0.25, 0.3) is 11.8 Å². The number of aromatic hydroxyl groups is 1. The number of phenolic OH excluding ortho intramolecular Hbond substituents is 1. The van der Waals surface area contributed by atoms with Crippen molar-refractivity contribution in [3.63, 3.8) is 0 Å². The van der Waals surface area contributed by atoms with Crippen molar-refractivity contribution in [1.82, 2.24) is 9.78 Å². The number of benzene rings is 3. The first-order chi connectivity index (χ1) is 19.3. The molecule has 2 aliphatic rings. The number of nitrogens with zero attached hydrogens (tertiary/aromatic N) is 4. The molecule has 3 aromatic carbocycles. The maximum Gasteiger partial charge on any atom is 0.277 e. The Morgan fingerprint density at radius 2 is 1.43 bits per heavy atom. The lowest BCUT2D eigenvalue weighted by molar-refractivity contribution is -0.119. The molecular formula is C31H31N5O4. The standard InChI is InChI=1S/C24H23N5O4.C7H8/c25-23(32)21-19-12-14-28(16-6-4-15(5-7-16)27-13-2-1-3-20(27)31)24(33)22(19)29(26-21)17-8-10-18(30)11-9-17;1-7-5-3-2-4-6-7/h4-11,30H,1-3,12-14H2,(H2,25,32);2-6H,1H3. The third kappa shape index (κ3) is 5.44. The highest BCUT2D eigenvalue weighted by atomic mass is 16.3. The molecule has 4 aromatic rings. The number of primary amides is 1. The van der Waals surface area contributed by atoms with Gasteiger partial charge in [0, 0.05) is 36.4 Å². The quantitative estimate of drug-likeness (QED) is 0.400. The Bertz CT molecular complexity index is 1530. The number of fused-ring (bicyclic) bond motifs is 1. The number of hydrogen-bond donors (Lipinski definition) is 2. The van der Waals surface area contributed by atoms with Crippen LogP contribution in [0.2, 0.25) is 0 Å². The molecule has 0 unspecified atom stereocenters. The number of anilines is 2. The predicted octanol–water partition coefficient (Wildman–Crippen LogP) is 4.39. The van der Waals surface area contributed by atoms with Crippen molar-refractivity contribution in [1.29, 1.82) is 0 Å². The van der Waals surface area contributed by atoms with E-state index < -0.39 is 5.91 Å². The van der Waals surface area contributed by atoms with Crippen molar-refractivity contribution in [2.45, 2.75) is 32.6 Å². The molecule has 3 N–H and O–H groups in total. The van der Waals surface area contributed by atoms with Crippen LogP contribution in [0.25, 0.3) is 5.69 Å². The molecule has 1 saturated heterocycles. The van der Waals surface area contributed by atoms with Crippen LogP contribution in [0.3, 0.4) is 0 Å². The Morgan fingerprint density at radius 1 is 0.800 bits per heavy atom. The number of phenols is 1. The smallest absolute Gasteiger partial charge is 0.277 e. The summed E-state index contributed by atoms with van der Waals surface area (Å²) in [6, 6.07) is 23.8. The Hall–Kier alpha value is -4.92. The van der Waals surface area contributed by atoms with Gasteiger partial charge in [-0.05, 0) is 74.7 Å². The van der Waals surface area contributed by atoms with Gasteiger partial charge in [-0.1, -0.05) is 35.9 Å². The molecule has 40 heavy (non-hydrogen) atoms. The summed E-state index contributed by atoms with van der Waals surface area (Å²) in [5, 5.41) is 13.9. The molecule has 0 radical (unpaired) electrons. The van der Waals surface area contributed by atoms with Crippen molar-refractivity contribution in [3.8, 4) is 11.4 Å². The first-order valence-corrected chi connectivity index (χ1v) is 13.3. The van der Waals surface area contributed by atoms with Gasteiger partial charge in [0.15, 0.2) is 5.69 Å². The summed E-state index contributed by atoms with van der Waals surface area (Å²) in [6.45, 7) is 3.15. The number of aryl methyl sites for hydroxylation is 1. The van der Waals surface area contributed by atoms with E-state index in [0.29, 0.717) is 42.9 Å². The maximum atomic E-state index is 13.6. The molecule has 9 heteroatoms. The van der Waals surface area contributed by atoms with E-state index in [1.807, 2.05) is 42.5 Å². The zero-order chi connectivity index (χ0) is 28.2. The Labute approximate surface area is 232 Å². The number of aromatic nitrogens is 2. The van der Waals surface area contributed by atoms with Crippen LogP contribution in [0.15, 0.2) is 78.9 Å². The lowest BCUT2D eigenvalue weighted by atomic mass is 10.0. The molecule has 3 amide bonds. The minimum absolute atomic E-state index is 0.0741. The molecule has 0 atom stereocenters. The van der Waals surface area contributed by atoms with E-state index in [4.69, 9.17) is 5.73 Å². The largest absolute Gasteiger partial charge is 0.508 e. The molecule has 204 valence electrons. The third-order valence-electron chi connectivity index (χ3n) is 7.08. The minimum atomic E-state index is -0.694. The zero-order valence-corrected chi connectivity index (χ0v) is 22.3. The zero-order valence-electron chi connectivity index (χ0n) is 22.3. The van der Waals surface area contributed by atoms with Gasteiger partial charge in [0.1, 0.15) is 11.4 Å². The summed E-state index contributed by atoms with van der Waals surface area (Å²) in [7, 11) is 0. The van der Waals surface area contributed by atoms with Crippen LogP contribution in [-0.2, 0) is 11.2 Å². The van der Waals surface area contributed by atoms with E-state index in [9.17, 15) is 19.5 Å². The molecule has 1 fully saturated rings. The number of amides is 3. The Balaban J connectivity index is 0.000000403. The van der Waals surface area contributed by atoms with Crippen molar-refractivity contribution in [2.24, 2.45) is 5.73 Å². The normalized spacial score (nSPS) is 14.8. The number of carbonyl (C=O) groups is 3. The summed E-state index contributed by atoms with van der Waals surface area (Å²) in [6.07, 6.45) is 2.87. The Kier molecular flexibility index (Phi) is 7.63. The van der Waals surface area contributed by atoms with Crippen molar-refractivity contribution < 1.29 is 19.5 Å². The SMILES string of the molecule is Cc1ccccc1.NC(=O)c1nn(-c2ccc(O)cc2)c2c1CCN(c1ccc(N3CCCCC3=O)cc1)C2=O. The number of carbonyl (C=O) groups excluding carboxylic acids is 3. The second-order valence-electron chi connectivity index (χ2n) is 9.85. The van der Waals surface area contributed by atoms with Gasteiger partial charge in [-0.2, -0.15) is 5.10 Å². The topological polar surface area (TPSA) is 122 Å². The molecular weight excluding hydrogens is 506 g/mol. The summed E-state index contributed by atoms with van der Waals surface area (Å²) in [5.41, 5.74) is 9.77. The highest BCUT2D eigenvalue weighted by molar-refractivity contribution is 6.09. The lowest BCUT2D eigenvalue weighted by Crippen LogP contribution is -2.39. The summed E-state index contributed by atoms with van der Waals surface area (Å²) >= 11 is 0. The molecule has 6 rings (SSSR count). The summed E-state index contributed by atoms with van der Waals surface area (Å²) in [5.74, 6) is -0.800. The van der Waals surface area contributed by atoms with E-state index in [0.717, 1.165) is 18.5 Å². The fourth-order valence-corrected chi connectivity index (χ4v) is 5.01. The van der Waals surface area contributed by atoms with E-state index in [-0.39, 0.29) is 29.0 Å². The molecule has 2 aliphatic heterocycles. The third-order valence-corrected chi connectivity index (χ3v) is 7.08. The fourth-order valence-electron chi connectivity index (χ4n) is 5.01. The molecule has 0 spiro atoms. The first kappa shape index (κ1) is 26.7. The number of rotatable bonds is 4. The average Bonchev–Trinajstić information content (AvgIpc) is 3.36. The van der Waals surface area contributed by atoms with Crippen molar-refractivity contribution in [3.05, 3.63) is 101 Å². The van der Waals surface area contributed by atoms with Crippen LogP contribution >= 0.6 is 0 Å². The van der Waals surface area contributed by atoms with Gasteiger partial charge in [-0.3, -0.25) is 14.4 Å². The van der Waals surface area contributed by atoms with E-state index in [2.05, 4.69) is 24.2 Å². The average molecular weight is 538 g/mol.